The van der Waals surface area contributed by atoms with Crippen LogP contribution in [-0.2, 0) is 0 Å². The van der Waals surface area contributed by atoms with E-state index >= 15 is 0 Å². The Labute approximate surface area is 285 Å². The van der Waals surface area contributed by atoms with Crippen molar-refractivity contribution in [1.29, 1.82) is 0 Å². The van der Waals surface area contributed by atoms with E-state index in [2.05, 4.69) is 198 Å². The van der Waals surface area contributed by atoms with Crippen LogP contribution in [0.25, 0.3) is 55.6 Å². The standard InChI is InChI=1S/C45H34N4/c1-31-28-32(2)30-38(29-31)49-44-19-11-8-16-41(44)46-45(49)33-20-22-35(23-21-33)47(34-12-4-3-5-13-34)36-24-26-37(27-25-36)48-42-17-9-6-14-39(42)40-15-7-10-18-43(40)48/h3-30H,1-2H3. The van der Waals surface area contributed by atoms with Gasteiger partial charge in [0.05, 0.1) is 22.1 Å². The van der Waals surface area contributed by atoms with Crippen LogP contribution in [0.2, 0.25) is 0 Å². The summed E-state index contributed by atoms with van der Waals surface area (Å²) in [5.74, 6) is 0.930. The lowest BCUT2D eigenvalue weighted by atomic mass is 10.1. The summed E-state index contributed by atoms with van der Waals surface area (Å²) in [5, 5.41) is 2.53. The molecule has 0 bridgehead atoms. The monoisotopic (exact) mass is 630 g/mol. The molecule has 0 aliphatic rings. The molecule has 0 aliphatic carbocycles. The summed E-state index contributed by atoms with van der Waals surface area (Å²) < 4.78 is 4.64. The number of imidazole rings is 1. The molecule has 49 heavy (non-hydrogen) atoms. The topological polar surface area (TPSA) is 26.0 Å². The molecule has 4 heteroatoms. The van der Waals surface area contributed by atoms with Gasteiger partial charge in [-0.2, -0.15) is 0 Å². The minimum Gasteiger partial charge on any atom is -0.311 e. The van der Waals surface area contributed by atoms with E-state index in [0.717, 1.165) is 50.9 Å². The molecule has 0 aliphatic heterocycles. The first-order valence-corrected chi connectivity index (χ1v) is 16.7. The number of anilines is 3. The number of hydrogen-bond acceptors (Lipinski definition) is 2. The molecule has 0 saturated carbocycles. The molecule has 4 nitrogen and oxygen atoms in total. The maximum atomic E-state index is 5.13. The second-order valence-corrected chi connectivity index (χ2v) is 12.7. The molecule has 7 aromatic carbocycles. The largest absolute Gasteiger partial charge is 0.311 e. The zero-order valence-electron chi connectivity index (χ0n) is 27.5. The van der Waals surface area contributed by atoms with Gasteiger partial charge in [0.1, 0.15) is 5.82 Å². The molecule has 234 valence electrons. The first-order valence-electron chi connectivity index (χ1n) is 16.7. The lowest BCUT2D eigenvalue weighted by Gasteiger charge is -2.26. The van der Waals surface area contributed by atoms with Gasteiger partial charge >= 0.3 is 0 Å². The van der Waals surface area contributed by atoms with Crippen molar-refractivity contribution in [2.45, 2.75) is 13.8 Å². The van der Waals surface area contributed by atoms with Gasteiger partial charge in [-0.25, -0.2) is 4.98 Å². The van der Waals surface area contributed by atoms with Crippen LogP contribution in [0.4, 0.5) is 17.1 Å². The van der Waals surface area contributed by atoms with Crippen molar-refractivity contribution in [3.8, 4) is 22.8 Å². The molecule has 9 aromatic rings. The second-order valence-electron chi connectivity index (χ2n) is 12.7. The quantitative estimate of drug-likeness (QED) is 0.183. The molecule has 0 N–H and O–H groups in total. The third-order valence-corrected chi connectivity index (χ3v) is 9.37. The van der Waals surface area contributed by atoms with E-state index in [-0.39, 0.29) is 0 Å². The summed E-state index contributed by atoms with van der Waals surface area (Å²) in [6, 6.07) is 60.6. The molecular formula is C45H34N4. The fourth-order valence-corrected chi connectivity index (χ4v) is 7.30. The van der Waals surface area contributed by atoms with E-state index in [4.69, 9.17) is 4.98 Å². The third-order valence-electron chi connectivity index (χ3n) is 9.37. The number of rotatable bonds is 6. The van der Waals surface area contributed by atoms with Crippen LogP contribution in [0.15, 0.2) is 170 Å². The summed E-state index contributed by atoms with van der Waals surface area (Å²) in [6.07, 6.45) is 0. The molecule has 0 radical (unpaired) electrons. The fraction of sp³-hybridized carbons (Fsp3) is 0.0444. The van der Waals surface area contributed by atoms with Gasteiger partial charge in [0.25, 0.3) is 0 Å². The fourth-order valence-electron chi connectivity index (χ4n) is 7.30. The Morgan fingerprint density at radius 3 is 1.57 bits per heavy atom. The lowest BCUT2D eigenvalue weighted by Crippen LogP contribution is -2.10. The first-order chi connectivity index (χ1) is 24.1. The highest BCUT2D eigenvalue weighted by molar-refractivity contribution is 6.09. The Kier molecular flexibility index (Phi) is 6.87. The smallest absolute Gasteiger partial charge is 0.145 e. The average Bonchev–Trinajstić information content (AvgIpc) is 3.69. The van der Waals surface area contributed by atoms with E-state index in [1.165, 1.54) is 32.9 Å². The molecule has 9 rings (SSSR count). The summed E-state index contributed by atoms with van der Waals surface area (Å²) >= 11 is 0. The van der Waals surface area contributed by atoms with Crippen molar-refractivity contribution in [1.82, 2.24) is 14.1 Å². The van der Waals surface area contributed by atoms with Crippen LogP contribution >= 0.6 is 0 Å². The molecule has 2 heterocycles. The summed E-state index contributed by atoms with van der Waals surface area (Å²) in [6.45, 7) is 4.30. The van der Waals surface area contributed by atoms with Crippen LogP contribution in [0, 0.1) is 13.8 Å². The molecule has 0 atom stereocenters. The van der Waals surface area contributed by atoms with E-state index in [9.17, 15) is 0 Å². The van der Waals surface area contributed by atoms with Crippen LogP contribution in [-0.4, -0.2) is 14.1 Å². The van der Waals surface area contributed by atoms with Gasteiger partial charge in [-0.3, -0.25) is 4.57 Å². The second kappa shape index (κ2) is 11.7. The number of aromatic nitrogens is 3. The Morgan fingerprint density at radius 2 is 0.939 bits per heavy atom. The van der Waals surface area contributed by atoms with Crippen LogP contribution < -0.4 is 4.90 Å². The van der Waals surface area contributed by atoms with Gasteiger partial charge in [-0.15, -0.1) is 0 Å². The first kappa shape index (κ1) is 28.8. The van der Waals surface area contributed by atoms with E-state index in [0.29, 0.717) is 0 Å². The van der Waals surface area contributed by atoms with Crippen molar-refractivity contribution >= 4 is 49.9 Å². The van der Waals surface area contributed by atoms with E-state index in [1.54, 1.807) is 0 Å². The number of hydrogen-bond donors (Lipinski definition) is 0. The number of aryl methyl sites for hydroxylation is 2. The van der Waals surface area contributed by atoms with Gasteiger partial charge in [-0.05, 0) is 122 Å². The van der Waals surface area contributed by atoms with Gasteiger partial charge in [0, 0.05) is 44.8 Å². The normalized spacial score (nSPS) is 11.5. The zero-order chi connectivity index (χ0) is 32.9. The Morgan fingerprint density at radius 1 is 0.429 bits per heavy atom. The summed E-state index contributed by atoms with van der Waals surface area (Å²) in [7, 11) is 0. The zero-order valence-corrected chi connectivity index (χ0v) is 27.5. The highest BCUT2D eigenvalue weighted by Gasteiger charge is 2.18. The highest BCUT2D eigenvalue weighted by Crippen LogP contribution is 2.38. The minimum absolute atomic E-state index is 0.930. The SMILES string of the molecule is Cc1cc(C)cc(-n2c(-c3ccc(N(c4ccccc4)c4ccc(-n5c6ccccc6c6ccccc65)cc4)cc3)nc3ccccc32)c1. The van der Waals surface area contributed by atoms with E-state index in [1.807, 2.05) is 0 Å². The third kappa shape index (κ3) is 4.97. The number of benzene rings is 7. The molecule has 0 unspecified atom stereocenters. The average molecular weight is 631 g/mol. The minimum atomic E-state index is 0.930. The van der Waals surface area contributed by atoms with Gasteiger partial charge in [0.15, 0.2) is 0 Å². The number of para-hydroxylation sites is 5. The predicted molar refractivity (Wildman–Crippen MR) is 205 cm³/mol. The molecule has 2 aromatic heterocycles. The van der Waals surface area contributed by atoms with Crippen LogP contribution in [0.1, 0.15) is 11.1 Å². The van der Waals surface area contributed by atoms with Crippen molar-refractivity contribution < 1.29 is 0 Å². The van der Waals surface area contributed by atoms with Crippen LogP contribution in [0.5, 0.6) is 0 Å². The van der Waals surface area contributed by atoms with Gasteiger partial charge in [-0.1, -0.05) is 72.8 Å². The Bertz CT molecular complexity index is 2540. The van der Waals surface area contributed by atoms with Crippen molar-refractivity contribution in [2.75, 3.05) is 4.90 Å². The lowest BCUT2D eigenvalue weighted by molar-refractivity contribution is 1.09. The number of nitrogens with zero attached hydrogens (tertiary/aromatic N) is 4. The summed E-state index contributed by atoms with van der Waals surface area (Å²) in [4.78, 5) is 7.45. The maximum Gasteiger partial charge on any atom is 0.145 e. The molecule has 0 spiro atoms. The molecular weight excluding hydrogens is 597 g/mol. The molecule has 0 fully saturated rings. The Hall–Kier alpha value is -6.39. The molecule has 0 saturated heterocycles. The van der Waals surface area contributed by atoms with Gasteiger partial charge < -0.3 is 9.47 Å². The highest BCUT2D eigenvalue weighted by atomic mass is 15.1. The van der Waals surface area contributed by atoms with Crippen molar-refractivity contribution in [3.05, 3.63) is 181 Å². The predicted octanol–water partition coefficient (Wildman–Crippen LogP) is 11.9. The van der Waals surface area contributed by atoms with Crippen LogP contribution in [0.3, 0.4) is 0 Å². The summed E-state index contributed by atoms with van der Waals surface area (Å²) in [5.41, 5.74) is 13.5. The van der Waals surface area contributed by atoms with Gasteiger partial charge in [0.2, 0.25) is 0 Å². The maximum absolute atomic E-state index is 5.13. The van der Waals surface area contributed by atoms with E-state index < -0.39 is 0 Å². The number of fused-ring (bicyclic) bond motifs is 4. The Balaban J connectivity index is 1.13. The van der Waals surface area contributed by atoms with Crippen molar-refractivity contribution in [3.63, 3.8) is 0 Å². The molecule has 0 amide bonds. The van der Waals surface area contributed by atoms with Crippen molar-refractivity contribution in [2.24, 2.45) is 0 Å².